The van der Waals surface area contributed by atoms with Crippen LogP contribution in [-0.4, -0.2) is 11.9 Å². The number of benzene rings is 2. The van der Waals surface area contributed by atoms with Crippen molar-refractivity contribution < 1.29 is 4.79 Å². The summed E-state index contributed by atoms with van der Waals surface area (Å²) in [4.78, 5) is 12.3. The monoisotopic (exact) mass is 347 g/mol. The van der Waals surface area contributed by atoms with Crippen LogP contribution in [0.3, 0.4) is 0 Å². The van der Waals surface area contributed by atoms with Gasteiger partial charge in [-0.25, -0.2) is 0 Å². The van der Waals surface area contributed by atoms with E-state index in [4.69, 9.17) is 0 Å². The third kappa shape index (κ3) is 4.31. The summed E-state index contributed by atoms with van der Waals surface area (Å²) in [5.41, 5.74) is 0.723. The maximum Gasteiger partial charge on any atom is 0.251 e. The summed E-state index contributed by atoms with van der Waals surface area (Å²) >= 11 is 3.46. The molecule has 0 bridgehead atoms. The molecule has 2 nitrogen and oxygen atoms in total. The normalized spacial score (nSPS) is 13.9. The number of hydrogen-bond donors (Lipinski definition) is 1. The zero-order chi connectivity index (χ0) is 15.4. The molecule has 0 aliphatic rings. The van der Waals surface area contributed by atoms with Gasteiger partial charge in [-0.1, -0.05) is 48.3 Å². The second-order valence-corrected chi connectivity index (χ2v) is 6.75. The summed E-state index contributed by atoms with van der Waals surface area (Å²) in [5, 5.41) is 5.31. The topological polar surface area (TPSA) is 29.1 Å². The Morgan fingerprint density at radius 2 is 1.81 bits per heavy atom. The van der Waals surface area contributed by atoms with Crippen LogP contribution in [-0.2, 0) is 0 Å². The molecule has 0 spiro atoms. The molecule has 0 aromatic heterocycles. The fourth-order valence-electron chi connectivity index (χ4n) is 2.49. The fraction of sp³-hybridized carbons (Fsp3) is 0.389. The third-order valence-corrected chi connectivity index (χ3v) is 4.39. The molecule has 3 heteroatoms. The van der Waals surface area contributed by atoms with Crippen molar-refractivity contribution in [1.29, 1.82) is 0 Å². The second kappa shape index (κ2) is 7.08. The Labute approximate surface area is 135 Å². The van der Waals surface area contributed by atoms with Crippen LogP contribution in [0.4, 0.5) is 0 Å². The molecule has 2 atom stereocenters. The Morgan fingerprint density at radius 1 is 1.14 bits per heavy atom. The molecule has 0 saturated heterocycles. The van der Waals surface area contributed by atoms with Crippen LogP contribution >= 0.6 is 15.9 Å². The highest BCUT2D eigenvalue weighted by Crippen LogP contribution is 2.21. The van der Waals surface area contributed by atoms with Crippen molar-refractivity contribution in [2.45, 2.75) is 39.7 Å². The predicted molar refractivity (Wildman–Crippen MR) is 92.6 cm³/mol. The molecular weight excluding hydrogens is 326 g/mol. The number of carbonyl (C=O) groups is 1. The lowest BCUT2D eigenvalue weighted by molar-refractivity contribution is 0.0935. The van der Waals surface area contributed by atoms with Crippen molar-refractivity contribution in [2.75, 3.05) is 0 Å². The van der Waals surface area contributed by atoms with Crippen molar-refractivity contribution in [3.8, 4) is 0 Å². The number of hydrogen-bond acceptors (Lipinski definition) is 1. The highest BCUT2D eigenvalue weighted by atomic mass is 79.9. The van der Waals surface area contributed by atoms with E-state index in [9.17, 15) is 4.79 Å². The first kappa shape index (κ1) is 16.0. The molecule has 1 amide bonds. The van der Waals surface area contributed by atoms with Crippen LogP contribution in [0.2, 0.25) is 0 Å². The van der Waals surface area contributed by atoms with E-state index in [1.165, 1.54) is 0 Å². The summed E-state index contributed by atoms with van der Waals surface area (Å²) < 4.78 is 1.05. The van der Waals surface area contributed by atoms with Crippen molar-refractivity contribution in [2.24, 2.45) is 5.92 Å². The lowest BCUT2D eigenvalue weighted by atomic mass is 10.00. The third-order valence-electron chi connectivity index (χ3n) is 3.89. The molecule has 2 aromatic rings. The minimum Gasteiger partial charge on any atom is -0.350 e. The molecule has 2 unspecified atom stereocenters. The van der Waals surface area contributed by atoms with Crippen molar-refractivity contribution in [3.63, 3.8) is 0 Å². The number of rotatable bonds is 5. The van der Waals surface area contributed by atoms with Crippen molar-refractivity contribution in [1.82, 2.24) is 5.32 Å². The van der Waals surface area contributed by atoms with Gasteiger partial charge < -0.3 is 5.32 Å². The van der Waals surface area contributed by atoms with E-state index in [-0.39, 0.29) is 11.9 Å². The van der Waals surface area contributed by atoms with Crippen LogP contribution in [0, 0.1) is 5.92 Å². The summed E-state index contributed by atoms with van der Waals surface area (Å²) in [6.45, 7) is 6.47. The smallest absolute Gasteiger partial charge is 0.251 e. The number of amides is 1. The highest BCUT2D eigenvalue weighted by Gasteiger charge is 2.12. The van der Waals surface area contributed by atoms with Crippen LogP contribution in [0.5, 0.6) is 0 Å². The van der Waals surface area contributed by atoms with Crippen LogP contribution in [0.15, 0.2) is 40.9 Å². The van der Waals surface area contributed by atoms with Gasteiger partial charge in [-0.3, -0.25) is 4.79 Å². The lowest BCUT2D eigenvalue weighted by Crippen LogP contribution is -2.33. The van der Waals surface area contributed by atoms with Gasteiger partial charge in [-0.15, -0.1) is 0 Å². The molecular formula is C18H22BrNO. The molecule has 0 heterocycles. The zero-order valence-corrected chi connectivity index (χ0v) is 14.4. The maximum atomic E-state index is 12.3. The van der Waals surface area contributed by atoms with E-state index >= 15 is 0 Å². The number of halogens is 1. The van der Waals surface area contributed by atoms with Gasteiger partial charge >= 0.3 is 0 Å². The molecule has 1 N–H and O–H groups in total. The van der Waals surface area contributed by atoms with Gasteiger partial charge in [0.2, 0.25) is 0 Å². The van der Waals surface area contributed by atoms with E-state index < -0.39 is 0 Å². The van der Waals surface area contributed by atoms with Crippen molar-refractivity contribution >= 4 is 32.6 Å². The first-order valence-corrected chi connectivity index (χ1v) is 8.29. The largest absolute Gasteiger partial charge is 0.350 e. The van der Waals surface area contributed by atoms with Gasteiger partial charge in [-0.2, -0.15) is 0 Å². The number of carbonyl (C=O) groups excluding carboxylic acids is 1. The quantitative estimate of drug-likeness (QED) is 0.795. The molecule has 0 aliphatic heterocycles. The molecule has 0 fully saturated rings. The minimum absolute atomic E-state index is 0.00984. The van der Waals surface area contributed by atoms with E-state index in [2.05, 4.69) is 48.1 Å². The molecule has 2 rings (SSSR count). The summed E-state index contributed by atoms with van der Waals surface area (Å²) in [6, 6.07) is 12.1. The van der Waals surface area contributed by atoms with Gasteiger partial charge in [0, 0.05) is 16.1 Å². The van der Waals surface area contributed by atoms with E-state index in [0.29, 0.717) is 5.92 Å². The number of nitrogens with one attached hydrogen (secondary N) is 1. The fourth-order valence-corrected chi connectivity index (χ4v) is 2.87. The molecule has 0 aliphatic carbocycles. The summed E-state index contributed by atoms with van der Waals surface area (Å²) in [5.74, 6) is 0.643. The van der Waals surface area contributed by atoms with Gasteiger partial charge in [0.05, 0.1) is 0 Å². The summed E-state index contributed by atoms with van der Waals surface area (Å²) in [7, 11) is 0. The van der Waals surface area contributed by atoms with Crippen LogP contribution < -0.4 is 5.32 Å². The Bertz CT molecular complexity index is 638. The second-order valence-electron chi connectivity index (χ2n) is 5.83. The first-order valence-electron chi connectivity index (χ1n) is 7.49. The average molecular weight is 348 g/mol. The van der Waals surface area contributed by atoms with Crippen molar-refractivity contribution in [3.05, 3.63) is 46.4 Å². The Balaban J connectivity index is 2.10. The first-order chi connectivity index (χ1) is 9.99. The van der Waals surface area contributed by atoms with E-state index in [1.807, 2.05) is 30.3 Å². The molecule has 2 aromatic carbocycles. The van der Waals surface area contributed by atoms with E-state index in [1.54, 1.807) is 0 Å². The van der Waals surface area contributed by atoms with Gasteiger partial charge in [-0.05, 0) is 54.3 Å². The highest BCUT2D eigenvalue weighted by molar-refractivity contribution is 9.10. The van der Waals surface area contributed by atoms with E-state index in [0.717, 1.165) is 33.7 Å². The molecule has 0 saturated carbocycles. The van der Waals surface area contributed by atoms with Crippen LogP contribution in [0.25, 0.3) is 10.8 Å². The zero-order valence-electron chi connectivity index (χ0n) is 12.8. The predicted octanol–water partition coefficient (Wildman–Crippen LogP) is 5.16. The standard InChI is InChI=1S/C18H22BrNO/c1-4-12(2)9-13(3)20-18(21)16-6-5-15-11-17(19)8-7-14(15)10-16/h5-8,10-13H,4,9H2,1-3H3,(H,20,21). The number of fused-ring (bicyclic) bond motifs is 1. The molecule has 0 radical (unpaired) electrons. The molecule has 21 heavy (non-hydrogen) atoms. The maximum absolute atomic E-state index is 12.3. The molecule has 112 valence electrons. The van der Waals surface area contributed by atoms with Crippen LogP contribution in [0.1, 0.15) is 44.0 Å². The van der Waals surface area contributed by atoms with Gasteiger partial charge in [0.1, 0.15) is 0 Å². The van der Waals surface area contributed by atoms with Gasteiger partial charge in [0.25, 0.3) is 5.91 Å². The summed E-state index contributed by atoms with van der Waals surface area (Å²) in [6.07, 6.45) is 2.16. The average Bonchev–Trinajstić information content (AvgIpc) is 2.46. The minimum atomic E-state index is 0.00984. The Morgan fingerprint density at radius 3 is 2.52 bits per heavy atom. The van der Waals surface area contributed by atoms with Gasteiger partial charge in [0.15, 0.2) is 0 Å². The SMILES string of the molecule is CCC(C)CC(C)NC(=O)c1ccc2cc(Br)ccc2c1. The Hall–Kier alpha value is -1.35. The lowest BCUT2D eigenvalue weighted by Gasteiger charge is -2.17. The Kier molecular flexibility index (Phi) is 5.40.